The number of imidazole rings is 1. The molecule has 4 rings (SSSR count). The van der Waals surface area contributed by atoms with Crippen LogP contribution in [-0.2, 0) is 6.54 Å². The number of likely N-dealkylation sites (tertiary alicyclic amines) is 1. The summed E-state index contributed by atoms with van der Waals surface area (Å²) >= 11 is 0. The van der Waals surface area contributed by atoms with Gasteiger partial charge >= 0.3 is 6.18 Å². The molecule has 0 saturated carbocycles. The van der Waals surface area contributed by atoms with Gasteiger partial charge in [0.2, 0.25) is 0 Å². The summed E-state index contributed by atoms with van der Waals surface area (Å²) < 4.78 is 75.6. The van der Waals surface area contributed by atoms with Crippen LogP contribution in [0.25, 0.3) is 11.0 Å². The number of nitrogens with zero attached hydrogens (tertiary/aromatic N) is 3. The van der Waals surface area contributed by atoms with Crippen LogP contribution >= 0.6 is 0 Å². The highest BCUT2D eigenvalue weighted by Crippen LogP contribution is 2.31. The van der Waals surface area contributed by atoms with Crippen molar-refractivity contribution in [2.45, 2.75) is 31.6 Å². The number of hydrogen-bond acceptors (Lipinski definition) is 6. The number of nitrogens with one attached hydrogen (secondary N) is 3. The number of carbonyl (C=O) groups is 2. The average Bonchev–Trinajstić information content (AvgIpc) is 3.32. The third-order valence-corrected chi connectivity index (χ3v) is 7.00. The predicted molar refractivity (Wildman–Crippen MR) is 150 cm³/mol. The zero-order valence-corrected chi connectivity index (χ0v) is 23.9. The van der Waals surface area contributed by atoms with Crippen molar-refractivity contribution in [3.8, 4) is 17.6 Å². The molecule has 2 amide bonds. The van der Waals surface area contributed by atoms with Crippen LogP contribution in [0.15, 0.2) is 36.7 Å². The van der Waals surface area contributed by atoms with Crippen LogP contribution in [0.2, 0.25) is 0 Å². The number of ether oxygens (including phenoxy) is 1. The normalized spacial score (nSPS) is 18.4. The van der Waals surface area contributed by atoms with E-state index < -0.39 is 43.1 Å². The second-order valence-electron chi connectivity index (χ2n) is 10.4. The highest BCUT2D eigenvalue weighted by molar-refractivity contribution is 6.05. The summed E-state index contributed by atoms with van der Waals surface area (Å²) in [6, 6.07) is 5.96. The van der Waals surface area contributed by atoms with Crippen LogP contribution in [0, 0.1) is 17.8 Å². The van der Waals surface area contributed by atoms with Crippen molar-refractivity contribution in [1.82, 2.24) is 25.1 Å². The maximum atomic E-state index is 14.9. The van der Waals surface area contributed by atoms with E-state index in [4.69, 9.17) is 4.74 Å². The summed E-state index contributed by atoms with van der Waals surface area (Å²) in [5.41, 5.74) is 0.776. The second-order valence-corrected chi connectivity index (χ2v) is 10.4. The number of carbonyl (C=O) groups excluding carboxylic acids is 2. The number of alkyl halides is 5. The van der Waals surface area contributed by atoms with E-state index in [1.807, 2.05) is 0 Å². The Morgan fingerprint density at radius 3 is 2.58 bits per heavy atom. The van der Waals surface area contributed by atoms with E-state index in [-0.39, 0.29) is 34.6 Å². The van der Waals surface area contributed by atoms with Crippen molar-refractivity contribution < 1.29 is 36.3 Å². The number of piperidine rings is 1. The second kappa shape index (κ2) is 12.5. The van der Waals surface area contributed by atoms with Gasteiger partial charge < -0.3 is 30.2 Å². The summed E-state index contributed by atoms with van der Waals surface area (Å²) in [5.74, 6) is 1.08. The number of benzene rings is 2. The molecule has 1 fully saturated rings. The quantitative estimate of drug-likeness (QED) is 0.280. The van der Waals surface area contributed by atoms with Crippen molar-refractivity contribution in [3.63, 3.8) is 0 Å². The number of aromatic nitrogens is 2. The zero-order chi connectivity index (χ0) is 31.5. The summed E-state index contributed by atoms with van der Waals surface area (Å²) in [7, 11) is 4.52. The first-order valence-electron chi connectivity index (χ1n) is 13.3. The van der Waals surface area contributed by atoms with Crippen LogP contribution in [0.1, 0.15) is 33.2 Å². The molecule has 14 heteroatoms. The highest BCUT2D eigenvalue weighted by atomic mass is 19.4. The van der Waals surface area contributed by atoms with Gasteiger partial charge in [0.1, 0.15) is 17.8 Å². The van der Waals surface area contributed by atoms with E-state index >= 15 is 0 Å². The van der Waals surface area contributed by atoms with Gasteiger partial charge in [0.15, 0.2) is 0 Å². The van der Waals surface area contributed by atoms with Gasteiger partial charge in [0.25, 0.3) is 17.7 Å². The Bertz CT molecular complexity index is 1580. The Kier molecular flexibility index (Phi) is 9.15. The van der Waals surface area contributed by atoms with E-state index in [1.54, 1.807) is 32.2 Å². The van der Waals surface area contributed by atoms with Gasteiger partial charge in [-0.1, -0.05) is 18.8 Å². The summed E-state index contributed by atoms with van der Waals surface area (Å²) in [6.07, 6.45) is -3.62. The molecule has 3 aromatic rings. The molecule has 2 atom stereocenters. The molecule has 0 bridgehead atoms. The first-order chi connectivity index (χ1) is 20.2. The fourth-order valence-corrected chi connectivity index (χ4v) is 5.15. The molecule has 0 spiro atoms. The van der Waals surface area contributed by atoms with Crippen LogP contribution < -0.4 is 20.7 Å². The van der Waals surface area contributed by atoms with Gasteiger partial charge in [-0.05, 0) is 43.3 Å². The number of rotatable bonds is 7. The van der Waals surface area contributed by atoms with Crippen molar-refractivity contribution in [2.24, 2.45) is 5.92 Å². The van der Waals surface area contributed by atoms with E-state index in [0.717, 1.165) is 10.9 Å². The fourth-order valence-electron chi connectivity index (χ4n) is 5.15. The molecule has 0 aliphatic carbocycles. The minimum atomic E-state index is -4.57. The van der Waals surface area contributed by atoms with E-state index in [0.29, 0.717) is 23.5 Å². The molecule has 1 aliphatic heterocycles. The third-order valence-electron chi connectivity index (χ3n) is 7.00. The van der Waals surface area contributed by atoms with E-state index in [2.05, 4.69) is 32.8 Å². The number of fused-ring (bicyclic) bond motifs is 1. The number of methoxy groups -OCH3 is 1. The third kappa shape index (κ3) is 7.34. The minimum absolute atomic E-state index is 0.0228. The number of halogens is 5. The summed E-state index contributed by atoms with van der Waals surface area (Å²) in [6.45, 7) is 0.0396. The molecule has 3 N–H and O–H groups in total. The molecule has 230 valence electrons. The van der Waals surface area contributed by atoms with Crippen molar-refractivity contribution in [2.75, 3.05) is 46.2 Å². The number of anilines is 1. The molecule has 2 aromatic carbocycles. The molecule has 2 heterocycles. The van der Waals surface area contributed by atoms with E-state index in [1.165, 1.54) is 31.2 Å². The molecular weight excluding hydrogens is 575 g/mol. The lowest BCUT2D eigenvalue weighted by Gasteiger charge is -2.41. The van der Waals surface area contributed by atoms with Crippen molar-refractivity contribution in [1.29, 1.82) is 0 Å². The first-order valence-corrected chi connectivity index (χ1v) is 13.3. The number of hydrogen-bond donors (Lipinski definition) is 3. The minimum Gasteiger partial charge on any atom is -0.495 e. The van der Waals surface area contributed by atoms with Gasteiger partial charge in [-0.2, -0.15) is 13.2 Å². The summed E-state index contributed by atoms with van der Waals surface area (Å²) in [4.78, 5) is 30.8. The monoisotopic (exact) mass is 606 g/mol. The number of amides is 2. The van der Waals surface area contributed by atoms with Gasteiger partial charge in [0, 0.05) is 24.7 Å². The Morgan fingerprint density at radius 1 is 1.19 bits per heavy atom. The van der Waals surface area contributed by atoms with Crippen molar-refractivity contribution in [3.05, 3.63) is 53.3 Å². The molecule has 9 nitrogen and oxygen atoms in total. The Morgan fingerprint density at radius 2 is 1.93 bits per heavy atom. The predicted octanol–water partition coefficient (Wildman–Crippen LogP) is 3.75. The standard InChI is InChI=1S/C29H31F5N6O3/c1-17-13-39(3)14-28(30,31)25(17)38-27(42)20-10-18(11-22-24(20)37-16-40(22)15-29(32,33)34)6-5-9-36-21-12-19(26(41)35-2)7-8-23(21)43-4/h7-8,10-12,16-17,25,36H,9,13-15H2,1-4H3,(H,35,41)(H,38,42)/t17-,25+/m1/s1. The van der Waals surface area contributed by atoms with Gasteiger partial charge in [0.05, 0.1) is 49.3 Å². The Labute approximate surface area is 244 Å². The fraction of sp³-hybridized carbons (Fsp3) is 0.414. The van der Waals surface area contributed by atoms with Gasteiger partial charge in [-0.15, -0.1) is 0 Å². The van der Waals surface area contributed by atoms with E-state index in [9.17, 15) is 31.5 Å². The van der Waals surface area contributed by atoms with Crippen molar-refractivity contribution >= 4 is 28.5 Å². The molecule has 43 heavy (non-hydrogen) atoms. The zero-order valence-electron chi connectivity index (χ0n) is 23.9. The molecular formula is C29H31F5N6O3. The smallest absolute Gasteiger partial charge is 0.406 e. The lowest BCUT2D eigenvalue weighted by Crippen LogP contribution is -2.61. The van der Waals surface area contributed by atoms with Crippen LogP contribution in [0.4, 0.5) is 27.6 Å². The van der Waals surface area contributed by atoms with Crippen LogP contribution in [-0.4, -0.2) is 85.2 Å². The highest BCUT2D eigenvalue weighted by Gasteiger charge is 2.48. The summed E-state index contributed by atoms with van der Waals surface area (Å²) in [5, 5.41) is 7.95. The first kappa shape index (κ1) is 31.6. The topological polar surface area (TPSA) is 101 Å². The van der Waals surface area contributed by atoms with Crippen LogP contribution in [0.3, 0.4) is 0 Å². The average molecular weight is 607 g/mol. The van der Waals surface area contributed by atoms with Gasteiger partial charge in [-0.3, -0.25) is 9.59 Å². The lowest BCUT2D eigenvalue weighted by atomic mass is 9.90. The molecule has 0 radical (unpaired) electrons. The SMILES string of the molecule is CNC(=O)c1ccc(OC)c(NCC#Cc2cc(C(=O)N[C@H]3[C@H](C)CN(C)CC3(F)F)c3ncn(CC(F)(F)F)c3c2)c1. The molecule has 0 unspecified atom stereocenters. The molecule has 1 aliphatic rings. The van der Waals surface area contributed by atoms with Crippen LogP contribution in [0.5, 0.6) is 5.75 Å². The Hall–Kier alpha value is -4.38. The van der Waals surface area contributed by atoms with Gasteiger partial charge in [-0.25, -0.2) is 13.8 Å². The molecule has 1 aromatic heterocycles. The lowest BCUT2D eigenvalue weighted by molar-refractivity contribution is -0.140. The molecule has 1 saturated heterocycles. The maximum Gasteiger partial charge on any atom is 0.406 e. The Balaban J connectivity index is 1.65. The maximum absolute atomic E-state index is 14.9. The largest absolute Gasteiger partial charge is 0.495 e.